The van der Waals surface area contributed by atoms with Gasteiger partial charge in [-0.25, -0.2) is 9.78 Å². The first-order chi connectivity index (χ1) is 49.0. The molecule has 0 unspecified atom stereocenters. The summed E-state index contributed by atoms with van der Waals surface area (Å²) in [6, 6.07) is -17.9. The van der Waals surface area contributed by atoms with E-state index >= 15 is 0 Å². The van der Waals surface area contributed by atoms with Crippen LogP contribution >= 0.6 is 24.4 Å². The van der Waals surface area contributed by atoms with Gasteiger partial charge in [0.15, 0.2) is 11.9 Å². The lowest BCUT2D eigenvalue weighted by molar-refractivity contribution is -0.142. The number of guanidine groups is 2. The lowest BCUT2D eigenvalue weighted by atomic mass is 10.0. The molecule has 31 N–H and O–H groups in total. The number of aliphatic hydroxyl groups is 2. The molecule has 588 valence electrons. The molecule has 14 atom stereocenters. The molecule has 0 saturated heterocycles. The number of aromatic amines is 1. The molecule has 0 aromatic carbocycles. The van der Waals surface area contributed by atoms with Crippen molar-refractivity contribution in [3.63, 3.8) is 0 Å². The number of nitrogens with zero attached hydrogens (tertiary/aromatic N) is 1. The van der Waals surface area contributed by atoms with Crippen LogP contribution in [0.2, 0.25) is 0 Å². The zero-order valence-electron chi connectivity index (χ0n) is 59.4. The van der Waals surface area contributed by atoms with Crippen LogP contribution < -0.4 is 103 Å². The van der Waals surface area contributed by atoms with Crippen LogP contribution in [0.3, 0.4) is 0 Å². The van der Waals surface area contributed by atoms with E-state index in [1.807, 2.05) is 0 Å². The standard InChI is InChI=1S/C61H109N23O18S2/c1-30(2)45(56(98)81-42(28-103)55(97)76-37(16-12-23-71-61(67)68)52(94)79-40(59(101)102)14-8-10-21-63)83-58(100)46(32(4)85)82-43(87)27-72-48(90)31(3)74-50(92)39(19-24-104-6)78-51(93)36(15-11-22-70-60(65)66)75-53(95)38(17-18-44(88)89)77-54(96)41(25-34-26-69-29-73-34)80-57(99)47(33(5)86)84-49(91)35(64)13-7-9-20-62/h26,29-33,35-42,45-47,85-86,103H,7-25,27-28,62-64H2,1-6H3,(H,69,73)(H,72,90)(H,74,92)(H,75,95)(H,76,97)(H,77,96)(H,78,93)(H,79,94)(H,80,99)(H,81,98)(H,82,87)(H,83,100)(H,84,91)(H,88,89)(H,101,102)(H4,65,66,70)(H4,67,68,71)/t31-,32+,33+,35-,36-,37-,38-,39-,40-,41-,42-,45-,46-,47-/m0/s1. The number of thiol groups is 1. The molecule has 0 saturated carbocycles. The molecule has 12 amide bonds. The topological polar surface area (TPSA) is 695 Å². The molecule has 0 fully saturated rings. The minimum atomic E-state index is -1.77. The van der Waals surface area contributed by atoms with E-state index in [0.717, 1.165) is 6.92 Å². The van der Waals surface area contributed by atoms with Gasteiger partial charge in [0, 0.05) is 37.9 Å². The number of amides is 12. The van der Waals surface area contributed by atoms with Crippen LogP contribution in [0.15, 0.2) is 12.5 Å². The van der Waals surface area contributed by atoms with Gasteiger partial charge in [0.1, 0.15) is 66.5 Å². The molecule has 1 aromatic rings. The maximum atomic E-state index is 14.3. The van der Waals surface area contributed by atoms with Gasteiger partial charge in [0.25, 0.3) is 0 Å². The minimum Gasteiger partial charge on any atom is -0.481 e. The first kappa shape index (κ1) is 92.8. The number of rotatable bonds is 53. The summed E-state index contributed by atoms with van der Waals surface area (Å²) < 4.78 is 0. The van der Waals surface area contributed by atoms with Crippen LogP contribution in [0.5, 0.6) is 0 Å². The molecule has 1 aromatic heterocycles. The molecule has 41 nitrogen and oxygen atoms in total. The predicted molar refractivity (Wildman–Crippen MR) is 384 cm³/mol. The number of carboxylic acids is 2. The fraction of sp³-hybridized carbons (Fsp3) is 0.689. The lowest BCUT2D eigenvalue weighted by Crippen LogP contribution is -2.61. The van der Waals surface area contributed by atoms with E-state index in [9.17, 15) is 87.5 Å². The van der Waals surface area contributed by atoms with Gasteiger partial charge in [-0.3, -0.25) is 73.1 Å². The molecule has 0 radical (unpaired) electrons. The van der Waals surface area contributed by atoms with E-state index in [4.69, 9.17) is 39.5 Å². The molecule has 0 aliphatic carbocycles. The van der Waals surface area contributed by atoms with Crippen molar-refractivity contribution >= 4 is 119 Å². The van der Waals surface area contributed by atoms with Crippen molar-refractivity contribution in [3.8, 4) is 0 Å². The van der Waals surface area contributed by atoms with Crippen LogP contribution in [0.25, 0.3) is 0 Å². The molecular formula is C61H109N23O18S2. The Hall–Kier alpha value is -9.17. The van der Waals surface area contributed by atoms with Gasteiger partial charge in [0.05, 0.1) is 36.8 Å². The van der Waals surface area contributed by atoms with Gasteiger partial charge in [-0.1, -0.05) is 20.3 Å². The van der Waals surface area contributed by atoms with Crippen LogP contribution in [0.1, 0.15) is 124 Å². The van der Waals surface area contributed by atoms with Gasteiger partial charge in [-0.15, -0.1) is 0 Å². The minimum absolute atomic E-state index is 0.0143. The summed E-state index contributed by atoms with van der Waals surface area (Å²) in [6.45, 7) is 6.48. The Morgan fingerprint density at radius 1 is 0.510 bits per heavy atom. The molecule has 0 aliphatic rings. The van der Waals surface area contributed by atoms with E-state index in [1.54, 1.807) is 6.26 Å². The van der Waals surface area contributed by atoms with Crippen molar-refractivity contribution in [2.24, 2.45) is 34.6 Å². The highest BCUT2D eigenvalue weighted by Crippen LogP contribution is 2.12. The second-order valence-corrected chi connectivity index (χ2v) is 26.1. The summed E-state index contributed by atoms with van der Waals surface area (Å²) in [5.74, 6) is -16.1. The number of carbonyl (C=O) groups excluding carboxylic acids is 12. The molecule has 0 aliphatic heterocycles. The van der Waals surface area contributed by atoms with Crippen molar-refractivity contribution in [3.05, 3.63) is 18.2 Å². The molecule has 1 heterocycles. The number of carbonyl (C=O) groups is 14. The lowest BCUT2D eigenvalue weighted by Gasteiger charge is -2.28. The van der Waals surface area contributed by atoms with Crippen molar-refractivity contribution in [2.45, 2.75) is 209 Å². The Labute approximate surface area is 612 Å². The third kappa shape index (κ3) is 36.8. The van der Waals surface area contributed by atoms with Gasteiger partial charge in [0.2, 0.25) is 70.9 Å². The van der Waals surface area contributed by atoms with Gasteiger partial charge < -0.3 is 129 Å². The van der Waals surface area contributed by atoms with Crippen LogP contribution in [0.4, 0.5) is 0 Å². The molecule has 0 bridgehead atoms. The second-order valence-electron chi connectivity index (χ2n) is 24.8. The van der Waals surface area contributed by atoms with Gasteiger partial charge in [-0.2, -0.15) is 24.4 Å². The average molecular weight is 1520 g/mol. The quantitative estimate of drug-likeness (QED) is 0.0125. The maximum Gasteiger partial charge on any atom is 0.326 e. The number of nitrogens with one attached hydrogen (secondary N) is 17. The van der Waals surface area contributed by atoms with Crippen molar-refractivity contribution < 1.29 is 87.5 Å². The largest absolute Gasteiger partial charge is 0.481 e. The highest BCUT2D eigenvalue weighted by molar-refractivity contribution is 7.98. The molecule has 43 heteroatoms. The van der Waals surface area contributed by atoms with Gasteiger partial charge in [-0.05, 0) is 122 Å². The van der Waals surface area contributed by atoms with Gasteiger partial charge >= 0.3 is 11.9 Å². The van der Waals surface area contributed by atoms with Crippen LogP contribution in [0, 0.1) is 16.7 Å². The Balaban J connectivity index is 3.35. The highest BCUT2D eigenvalue weighted by Gasteiger charge is 2.38. The molecule has 1 rings (SSSR count). The van der Waals surface area contributed by atoms with Crippen molar-refractivity contribution in [1.29, 1.82) is 10.8 Å². The Morgan fingerprint density at radius 3 is 1.39 bits per heavy atom. The zero-order valence-corrected chi connectivity index (χ0v) is 61.1. The molecule has 0 spiro atoms. The molecule has 104 heavy (non-hydrogen) atoms. The monoisotopic (exact) mass is 1520 g/mol. The summed E-state index contributed by atoms with van der Waals surface area (Å²) >= 11 is 5.47. The fourth-order valence-electron chi connectivity index (χ4n) is 9.70. The number of hydrogen-bond donors (Lipinski definition) is 27. The number of unbranched alkanes of at least 4 members (excludes halogenated alkanes) is 2. The highest BCUT2D eigenvalue weighted by atomic mass is 32.2. The Kier molecular flexibility index (Phi) is 44.9. The Bertz CT molecular complexity index is 2990. The van der Waals surface area contributed by atoms with E-state index in [-0.39, 0.29) is 94.2 Å². The first-order valence-corrected chi connectivity index (χ1v) is 35.8. The third-order valence-electron chi connectivity index (χ3n) is 15.6. The summed E-state index contributed by atoms with van der Waals surface area (Å²) in [6.07, 6.45) is 1.48. The smallest absolute Gasteiger partial charge is 0.326 e. The summed E-state index contributed by atoms with van der Waals surface area (Å²) in [4.78, 5) is 196. The maximum absolute atomic E-state index is 14.3. The predicted octanol–water partition coefficient (Wildman–Crippen LogP) is -8.42. The third-order valence-corrected chi connectivity index (χ3v) is 16.6. The summed E-state index contributed by atoms with van der Waals surface area (Å²) in [5.41, 5.74) is 28.1. The first-order valence-electron chi connectivity index (χ1n) is 33.8. The number of hydrogen-bond acceptors (Lipinski definition) is 24. The molecular weight excluding hydrogens is 1410 g/mol. The van der Waals surface area contributed by atoms with E-state index < -0.39 is 199 Å². The van der Waals surface area contributed by atoms with E-state index in [0.29, 0.717) is 32.2 Å². The SMILES string of the molecule is CSCC[C@H](NC(=O)[C@H](CCCNC(=N)N)NC(=O)[C@H](CCC(=O)O)NC(=O)[C@H](Cc1c[nH]cn1)NC(=O)[C@@H](NC(=O)[C@@H](N)CCCCN)[C@@H](C)O)C(=O)N[C@@H](C)C(=O)NCC(=O)N[C@H](C(=O)N[C@H](C(=O)N[C@@H](CS)C(=O)N[C@@H](CCCNC(=N)N)C(=O)N[C@@H](CCCCN)C(=O)O)C(C)C)[C@@H](C)O. The summed E-state index contributed by atoms with van der Waals surface area (Å²) in [7, 11) is 0. The number of aromatic nitrogens is 2. The normalized spacial score (nSPS) is 15.1. The summed E-state index contributed by atoms with van der Waals surface area (Å²) in [5, 5.41) is 90.0. The number of imidazole rings is 1. The van der Waals surface area contributed by atoms with E-state index in [1.165, 1.54) is 52.0 Å². The van der Waals surface area contributed by atoms with Crippen LogP contribution in [-0.2, 0) is 73.5 Å². The average Bonchev–Trinajstić information content (AvgIpc) is 1.55. The van der Waals surface area contributed by atoms with Crippen molar-refractivity contribution in [1.82, 2.24) is 84.4 Å². The van der Waals surface area contributed by atoms with Crippen LogP contribution in [-0.4, -0.2) is 260 Å². The van der Waals surface area contributed by atoms with Crippen molar-refractivity contribution in [2.75, 3.05) is 50.5 Å². The Morgan fingerprint density at radius 2 is 0.933 bits per heavy atom. The number of H-pyrrole nitrogens is 1. The number of thioether (sulfide) groups is 1. The number of aliphatic hydroxyl groups excluding tert-OH is 2. The zero-order chi connectivity index (χ0) is 78.8. The number of carboxylic acid groups (broad SMARTS) is 2. The van der Waals surface area contributed by atoms with E-state index in [2.05, 4.69) is 97.0 Å². The number of nitrogens with two attached hydrogens (primary N) is 5. The number of aliphatic carboxylic acids is 2. The fourth-order valence-corrected chi connectivity index (χ4v) is 10.4. The second kappa shape index (κ2) is 50.3.